The summed E-state index contributed by atoms with van der Waals surface area (Å²) in [6, 6.07) is 57.7. The zero-order chi connectivity index (χ0) is 35.2. The van der Waals surface area contributed by atoms with Crippen molar-refractivity contribution in [1.29, 1.82) is 0 Å². The summed E-state index contributed by atoms with van der Waals surface area (Å²) in [5.74, 6) is 0.725. The van der Waals surface area contributed by atoms with E-state index in [4.69, 9.17) is 9.97 Å². The third kappa shape index (κ3) is 4.56. The molecule has 11 rings (SSSR count). The summed E-state index contributed by atoms with van der Waals surface area (Å²) in [6.45, 7) is 4.35. The Balaban J connectivity index is 1.36. The summed E-state index contributed by atoms with van der Waals surface area (Å²) in [5.41, 5.74) is 9.25. The van der Waals surface area contributed by atoms with Crippen molar-refractivity contribution < 1.29 is 0 Å². The molecule has 0 spiro atoms. The number of aromatic nitrogens is 2. The van der Waals surface area contributed by atoms with Gasteiger partial charge in [0.15, 0.2) is 0 Å². The number of hydrogen-bond donors (Lipinski definition) is 0. The molecule has 0 amide bonds. The second-order valence-electron chi connectivity index (χ2n) is 13.9. The largest absolute Gasteiger partial charge is 0.278 e. The second kappa shape index (κ2) is 11.8. The lowest BCUT2D eigenvalue weighted by Crippen LogP contribution is -2.31. The first-order chi connectivity index (χ1) is 26.1. The van der Waals surface area contributed by atoms with Gasteiger partial charge in [-0.1, -0.05) is 151 Å². The van der Waals surface area contributed by atoms with Gasteiger partial charge in [-0.15, -0.1) is 11.3 Å². The van der Waals surface area contributed by atoms with Gasteiger partial charge in [0.25, 0.3) is 0 Å². The maximum absolute atomic E-state index is 5.67. The fraction of sp³-hybridized carbons (Fsp3) is 0.0417. The highest BCUT2D eigenvalue weighted by molar-refractivity contribution is 7.75. The zero-order valence-electron chi connectivity index (χ0n) is 29.2. The molecule has 3 heterocycles. The molecule has 0 N–H and O–H groups in total. The Morgan fingerprint density at radius 2 is 1.26 bits per heavy atom. The minimum atomic E-state index is -1.17. The van der Waals surface area contributed by atoms with E-state index in [0.717, 1.165) is 28.1 Å². The summed E-state index contributed by atoms with van der Waals surface area (Å²) in [6.07, 6.45) is 0. The van der Waals surface area contributed by atoms with Crippen molar-refractivity contribution in [2.75, 3.05) is 4.67 Å². The number of para-hydroxylation sites is 1. The first kappa shape index (κ1) is 30.7. The number of rotatable bonds is 3. The van der Waals surface area contributed by atoms with Gasteiger partial charge in [0.1, 0.15) is 0 Å². The minimum absolute atomic E-state index is 0.725. The SMILES string of the molecule is Cc1ccc(-c2nc(N3c4c(c5ccccc5c5c4sc4ccccc45)-c4c(ccc5ccccc45)P3c3ccccc3)nc3ccccc23)c(C)c1. The lowest BCUT2D eigenvalue weighted by atomic mass is 9.90. The van der Waals surface area contributed by atoms with Crippen LogP contribution in [0.1, 0.15) is 11.1 Å². The molecular weight excluding hydrogens is 682 g/mol. The molecule has 250 valence electrons. The summed E-state index contributed by atoms with van der Waals surface area (Å²) < 4.78 is 5.09. The standard InChI is InChI=1S/C48H32N3PS/c1-29-24-26-33(30(2)28-29)45-37-20-10-12-22-39(37)49-48(50-45)51-46-44(36-19-9-8-18-35(36)42-38-21-11-13-23-41(38)53-47(42)46)43-34-17-7-6-14-31(34)25-27-40(43)52(51)32-15-4-3-5-16-32/h3-28H,1-2H3. The number of hydrogen-bond acceptors (Lipinski definition) is 4. The number of benzene rings is 8. The van der Waals surface area contributed by atoms with E-state index in [2.05, 4.69) is 176 Å². The zero-order valence-corrected chi connectivity index (χ0v) is 30.9. The van der Waals surface area contributed by atoms with E-state index in [1.165, 1.54) is 80.3 Å². The van der Waals surface area contributed by atoms with Gasteiger partial charge in [-0.25, -0.2) is 9.97 Å². The Bertz CT molecular complexity index is 3110. The van der Waals surface area contributed by atoms with E-state index in [1.54, 1.807) is 0 Å². The minimum Gasteiger partial charge on any atom is -0.278 e. The Labute approximate surface area is 312 Å². The second-order valence-corrected chi connectivity index (χ2v) is 17.0. The number of fused-ring (bicyclic) bond motifs is 13. The van der Waals surface area contributed by atoms with Crippen LogP contribution in [0.2, 0.25) is 0 Å². The summed E-state index contributed by atoms with van der Waals surface area (Å²) in [5, 5.41) is 11.3. The quantitative estimate of drug-likeness (QED) is 0.171. The Hall–Kier alpha value is -5.93. The normalized spacial score (nSPS) is 14.0. The maximum Gasteiger partial charge on any atom is 0.235 e. The third-order valence-corrected chi connectivity index (χ3v) is 14.3. The van der Waals surface area contributed by atoms with Crippen LogP contribution in [0, 0.1) is 13.8 Å². The van der Waals surface area contributed by atoms with Gasteiger partial charge in [0, 0.05) is 48.2 Å². The number of nitrogens with zero attached hydrogens (tertiary/aromatic N) is 3. The van der Waals surface area contributed by atoms with Crippen LogP contribution in [0.25, 0.3) is 75.0 Å². The van der Waals surface area contributed by atoms with Gasteiger partial charge >= 0.3 is 0 Å². The molecule has 53 heavy (non-hydrogen) atoms. The molecular formula is C48H32N3PS. The fourth-order valence-electron chi connectivity index (χ4n) is 8.46. The van der Waals surface area contributed by atoms with Gasteiger partial charge in [-0.2, -0.15) is 0 Å². The molecule has 2 aromatic heterocycles. The monoisotopic (exact) mass is 713 g/mol. The lowest BCUT2D eigenvalue weighted by Gasteiger charge is -2.40. The summed E-state index contributed by atoms with van der Waals surface area (Å²) >= 11 is 1.89. The van der Waals surface area contributed by atoms with Crippen molar-refractivity contribution in [2.24, 2.45) is 0 Å². The van der Waals surface area contributed by atoms with E-state index in [1.807, 2.05) is 11.3 Å². The molecule has 0 radical (unpaired) electrons. The van der Waals surface area contributed by atoms with Crippen LogP contribution in [-0.4, -0.2) is 9.97 Å². The van der Waals surface area contributed by atoms with Crippen LogP contribution < -0.4 is 15.3 Å². The lowest BCUT2D eigenvalue weighted by molar-refractivity contribution is 1.16. The summed E-state index contributed by atoms with van der Waals surface area (Å²) in [4.78, 5) is 11.2. The topological polar surface area (TPSA) is 29.0 Å². The predicted octanol–water partition coefficient (Wildman–Crippen LogP) is 12.8. The smallest absolute Gasteiger partial charge is 0.235 e. The van der Waals surface area contributed by atoms with Gasteiger partial charge < -0.3 is 0 Å². The fourth-order valence-corrected chi connectivity index (χ4v) is 12.3. The molecule has 1 aliphatic heterocycles. The Morgan fingerprint density at radius 3 is 2.09 bits per heavy atom. The first-order valence-electron chi connectivity index (χ1n) is 18.0. The van der Waals surface area contributed by atoms with Crippen molar-refractivity contribution in [2.45, 2.75) is 13.8 Å². The highest BCUT2D eigenvalue weighted by Crippen LogP contribution is 2.62. The van der Waals surface area contributed by atoms with E-state index < -0.39 is 8.07 Å². The van der Waals surface area contributed by atoms with Crippen molar-refractivity contribution >= 4 is 94.3 Å². The van der Waals surface area contributed by atoms with Crippen molar-refractivity contribution in [3.05, 3.63) is 169 Å². The highest BCUT2D eigenvalue weighted by Gasteiger charge is 2.39. The van der Waals surface area contributed by atoms with Crippen LogP contribution in [0.3, 0.4) is 0 Å². The average Bonchev–Trinajstić information content (AvgIpc) is 3.60. The molecule has 0 aliphatic carbocycles. The molecule has 0 saturated heterocycles. The maximum atomic E-state index is 5.67. The van der Waals surface area contributed by atoms with Crippen molar-refractivity contribution in [1.82, 2.24) is 9.97 Å². The van der Waals surface area contributed by atoms with Gasteiger partial charge in [0.05, 0.1) is 29.7 Å². The van der Waals surface area contributed by atoms with E-state index in [-0.39, 0.29) is 0 Å². The van der Waals surface area contributed by atoms with Crippen LogP contribution in [0.15, 0.2) is 158 Å². The van der Waals surface area contributed by atoms with Crippen LogP contribution >= 0.6 is 19.4 Å². The van der Waals surface area contributed by atoms with Crippen LogP contribution in [-0.2, 0) is 0 Å². The molecule has 0 saturated carbocycles. The molecule has 1 aliphatic rings. The Morgan fingerprint density at radius 1 is 0.566 bits per heavy atom. The van der Waals surface area contributed by atoms with Gasteiger partial charge in [-0.3, -0.25) is 4.67 Å². The average molecular weight is 714 g/mol. The molecule has 10 aromatic rings. The van der Waals surface area contributed by atoms with E-state index >= 15 is 0 Å². The van der Waals surface area contributed by atoms with E-state index in [9.17, 15) is 0 Å². The van der Waals surface area contributed by atoms with Crippen molar-refractivity contribution in [3.63, 3.8) is 0 Å². The van der Waals surface area contributed by atoms with E-state index in [0.29, 0.717) is 0 Å². The van der Waals surface area contributed by atoms with Crippen LogP contribution in [0.5, 0.6) is 0 Å². The number of thiophene rings is 1. The first-order valence-corrected chi connectivity index (χ1v) is 20.1. The van der Waals surface area contributed by atoms with Gasteiger partial charge in [-0.05, 0) is 53.1 Å². The molecule has 5 heteroatoms. The van der Waals surface area contributed by atoms with Gasteiger partial charge in [0.2, 0.25) is 5.95 Å². The summed E-state index contributed by atoms with van der Waals surface area (Å²) in [7, 11) is -1.17. The molecule has 1 unspecified atom stereocenters. The number of anilines is 2. The molecule has 3 nitrogen and oxygen atoms in total. The van der Waals surface area contributed by atoms with Crippen molar-refractivity contribution in [3.8, 4) is 22.4 Å². The highest BCUT2D eigenvalue weighted by atomic mass is 32.1. The predicted molar refractivity (Wildman–Crippen MR) is 229 cm³/mol. The molecule has 0 fully saturated rings. The van der Waals surface area contributed by atoms with Crippen LogP contribution in [0.4, 0.5) is 11.6 Å². The Kier molecular flexibility index (Phi) is 6.83. The molecule has 8 aromatic carbocycles. The number of aryl methyl sites for hydroxylation is 2. The third-order valence-electron chi connectivity index (χ3n) is 10.7. The molecule has 1 atom stereocenters. The molecule has 0 bridgehead atoms.